The predicted octanol–water partition coefficient (Wildman–Crippen LogP) is 9.89. The predicted molar refractivity (Wildman–Crippen MR) is 196 cm³/mol. The van der Waals surface area contributed by atoms with E-state index in [9.17, 15) is 24.2 Å². The number of hydrogen-bond acceptors (Lipinski definition) is 9. The molecule has 0 saturated heterocycles. The van der Waals surface area contributed by atoms with Gasteiger partial charge in [-0.1, -0.05) is 168 Å². The standard InChI is InChI=1S/C38H75O10P/c1-3-5-7-9-11-13-14-15-16-17-18-19-20-21-22-24-26-28-30-38(42)48-36(34-47-49(43,44)46-32-35(40)31-39)33-45-37(41)29-27-25-23-12-10-8-6-4-2/h35-36,39-40H,3-34H2,1-2H3,(H,43,44). The van der Waals surface area contributed by atoms with E-state index in [1.54, 1.807) is 0 Å². The van der Waals surface area contributed by atoms with E-state index in [2.05, 4.69) is 18.4 Å². The average Bonchev–Trinajstić information content (AvgIpc) is 3.09. The van der Waals surface area contributed by atoms with Crippen LogP contribution >= 0.6 is 7.82 Å². The maximum Gasteiger partial charge on any atom is 0.472 e. The summed E-state index contributed by atoms with van der Waals surface area (Å²) in [6.45, 7) is 2.36. The molecule has 3 N–H and O–H groups in total. The van der Waals surface area contributed by atoms with E-state index in [4.69, 9.17) is 19.1 Å². The van der Waals surface area contributed by atoms with Gasteiger partial charge in [-0.3, -0.25) is 18.6 Å². The van der Waals surface area contributed by atoms with Crippen molar-refractivity contribution in [2.24, 2.45) is 0 Å². The van der Waals surface area contributed by atoms with Crippen LogP contribution in [0.1, 0.15) is 194 Å². The second-order valence-corrected chi connectivity index (χ2v) is 15.1. The molecule has 0 aliphatic rings. The molecule has 11 heteroatoms. The van der Waals surface area contributed by atoms with Crippen molar-refractivity contribution in [2.75, 3.05) is 26.4 Å². The monoisotopic (exact) mass is 723 g/mol. The summed E-state index contributed by atoms with van der Waals surface area (Å²) in [5.74, 6) is -0.918. The second kappa shape index (κ2) is 35.4. The van der Waals surface area contributed by atoms with Crippen LogP contribution in [0.4, 0.5) is 0 Å². The van der Waals surface area contributed by atoms with Gasteiger partial charge in [0.15, 0.2) is 6.10 Å². The summed E-state index contributed by atoms with van der Waals surface area (Å²) < 4.78 is 32.5. The Morgan fingerprint density at radius 1 is 0.531 bits per heavy atom. The molecule has 292 valence electrons. The van der Waals surface area contributed by atoms with E-state index in [-0.39, 0.29) is 19.4 Å². The molecular weight excluding hydrogens is 647 g/mol. The smallest absolute Gasteiger partial charge is 0.462 e. The molecule has 49 heavy (non-hydrogen) atoms. The number of unbranched alkanes of at least 4 members (excludes halogenated alkanes) is 24. The highest BCUT2D eigenvalue weighted by molar-refractivity contribution is 7.47. The lowest BCUT2D eigenvalue weighted by Crippen LogP contribution is -2.29. The summed E-state index contributed by atoms with van der Waals surface area (Å²) in [4.78, 5) is 34.7. The number of phosphoric acid groups is 1. The zero-order valence-corrected chi connectivity index (χ0v) is 32.3. The van der Waals surface area contributed by atoms with Gasteiger partial charge in [0.25, 0.3) is 0 Å². The number of rotatable bonds is 38. The molecule has 0 saturated carbocycles. The van der Waals surface area contributed by atoms with Crippen molar-refractivity contribution in [1.82, 2.24) is 0 Å². The minimum Gasteiger partial charge on any atom is -0.462 e. The lowest BCUT2D eigenvalue weighted by molar-refractivity contribution is -0.161. The summed E-state index contributed by atoms with van der Waals surface area (Å²) in [5.41, 5.74) is 0. The van der Waals surface area contributed by atoms with Crippen molar-refractivity contribution in [3.8, 4) is 0 Å². The molecule has 0 heterocycles. The quantitative estimate of drug-likeness (QED) is 0.0319. The number of phosphoric ester groups is 1. The van der Waals surface area contributed by atoms with E-state index in [1.165, 1.54) is 116 Å². The van der Waals surface area contributed by atoms with Crippen LogP contribution in [0, 0.1) is 0 Å². The summed E-state index contributed by atoms with van der Waals surface area (Å²) >= 11 is 0. The molecule has 0 aliphatic heterocycles. The van der Waals surface area contributed by atoms with Gasteiger partial charge >= 0.3 is 19.8 Å². The summed E-state index contributed by atoms with van der Waals surface area (Å²) in [7, 11) is -4.60. The Morgan fingerprint density at radius 3 is 1.27 bits per heavy atom. The highest BCUT2D eigenvalue weighted by Gasteiger charge is 2.27. The molecule has 0 radical (unpaired) electrons. The van der Waals surface area contributed by atoms with Gasteiger partial charge < -0.3 is 24.6 Å². The Hall–Kier alpha value is -1.03. The molecule has 10 nitrogen and oxygen atoms in total. The van der Waals surface area contributed by atoms with Gasteiger partial charge in [-0.25, -0.2) is 4.57 Å². The largest absolute Gasteiger partial charge is 0.472 e. The SMILES string of the molecule is CCCCCCCCCCCCCCCCCCCCC(=O)OC(COC(=O)CCCCCCCCCC)COP(=O)(O)OCC(O)CO. The fourth-order valence-electron chi connectivity index (χ4n) is 5.64. The molecule has 0 spiro atoms. The Bertz CT molecular complexity index is 796. The van der Waals surface area contributed by atoms with Crippen LogP contribution in [0.15, 0.2) is 0 Å². The third-order valence-electron chi connectivity index (χ3n) is 8.76. The van der Waals surface area contributed by atoms with Crippen molar-refractivity contribution in [1.29, 1.82) is 0 Å². The molecular formula is C38H75O10P. The van der Waals surface area contributed by atoms with E-state index in [0.717, 1.165) is 38.5 Å². The normalized spacial score (nSPS) is 14.0. The summed E-state index contributed by atoms with van der Waals surface area (Å²) in [6.07, 6.45) is 29.4. The molecule has 0 aromatic rings. The lowest BCUT2D eigenvalue weighted by atomic mass is 10.0. The zero-order valence-electron chi connectivity index (χ0n) is 31.4. The number of aliphatic hydroxyl groups excluding tert-OH is 2. The molecule has 3 atom stereocenters. The van der Waals surface area contributed by atoms with Crippen molar-refractivity contribution >= 4 is 19.8 Å². The van der Waals surface area contributed by atoms with Gasteiger partial charge in [0, 0.05) is 12.8 Å². The first-order valence-electron chi connectivity index (χ1n) is 20.0. The second-order valence-electron chi connectivity index (χ2n) is 13.7. The van der Waals surface area contributed by atoms with Gasteiger partial charge in [-0.15, -0.1) is 0 Å². The molecule has 0 aromatic carbocycles. The Morgan fingerprint density at radius 2 is 0.878 bits per heavy atom. The third kappa shape index (κ3) is 35.2. The summed E-state index contributed by atoms with van der Waals surface area (Å²) in [5, 5.41) is 18.3. The number of ether oxygens (including phenoxy) is 2. The fraction of sp³-hybridized carbons (Fsp3) is 0.947. The highest BCUT2D eigenvalue weighted by atomic mass is 31.2. The Kier molecular flexibility index (Phi) is 34.6. The van der Waals surface area contributed by atoms with Crippen LogP contribution in [0.3, 0.4) is 0 Å². The Labute approximate surface area is 299 Å². The van der Waals surface area contributed by atoms with E-state index in [0.29, 0.717) is 12.8 Å². The minimum absolute atomic E-state index is 0.192. The van der Waals surface area contributed by atoms with Crippen LogP contribution in [0.25, 0.3) is 0 Å². The first kappa shape index (κ1) is 48.0. The maximum absolute atomic E-state index is 12.5. The number of carbonyl (C=O) groups excluding carboxylic acids is 2. The minimum atomic E-state index is -4.60. The van der Waals surface area contributed by atoms with Gasteiger partial charge in [-0.05, 0) is 12.8 Å². The molecule has 0 bridgehead atoms. The number of hydrogen-bond donors (Lipinski definition) is 3. The number of esters is 2. The van der Waals surface area contributed by atoms with Crippen molar-refractivity contribution in [2.45, 2.75) is 206 Å². The first-order valence-corrected chi connectivity index (χ1v) is 21.5. The van der Waals surface area contributed by atoms with Crippen LogP contribution < -0.4 is 0 Å². The van der Waals surface area contributed by atoms with Gasteiger partial charge in [0.1, 0.15) is 12.7 Å². The lowest BCUT2D eigenvalue weighted by Gasteiger charge is -2.20. The highest BCUT2D eigenvalue weighted by Crippen LogP contribution is 2.43. The number of aliphatic hydroxyl groups is 2. The van der Waals surface area contributed by atoms with Crippen LogP contribution in [0.5, 0.6) is 0 Å². The van der Waals surface area contributed by atoms with Crippen molar-refractivity contribution < 1.29 is 47.8 Å². The molecule has 0 aromatic heterocycles. The third-order valence-corrected chi connectivity index (χ3v) is 9.71. The van der Waals surface area contributed by atoms with Crippen LogP contribution in [-0.4, -0.2) is 65.7 Å². The molecule has 3 unspecified atom stereocenters. The molecule has 0 rings (SSSR count). The molecule has 0 aliphatic carbocycles. The topological polar surface area (TPSA) is 149 Å². The molecule has 0 amide bonds. The summed E-state index contributed by atoms with van der Waals surface area (Å²) in [6, 6.07) is 0. The van der Waals surface area contributed by atoms with Crippen LogP contribution in [-0.2, 0) is 32.7 Å². The van der Waals surface area contributed by atoms with Gasteiger partial charge in [-0.2, -0.15) is 0 Å². The van der Waals surface area contributed by atoms with Crippen LogP contribution in [0.2, 0.25) is 0 Å². The zero-order chi connectivity index (χ0) is 36.3. The average molecular weight is 723 g/mol. The first-order chi connectivity index (χ1) is 23.7. The maximum atomic E-state index is 12.5. The molecule has 0 fully saturated rings. The fourth-order valence-corrected chi connectivity index (χ4v) is 6.43. The van der Waals surface area contributed by atoms with Gasteiger partial charge in [0.05, 0.1) is 19.8 Å². The number of carbonyl (C=O) groups is 2. The Balaban J connectivity index is 4.21. The van der Waals surface area contributed by atoms with E-state index < -0.39 is 51.8 Å². The van der Waals surface area contributed by atoms with Crippen molar-refractivity contribution in [3.05, 3.63) is 0 Å². The van der Waals surface area contributed by atoms with E-state index >= 15 is 0 Å². The van der Waals surface area contributed by atoms with E-state index in [1.807, 2.05) is 0 Å². The van der Waals surface area contributed by atoms with Gasteiger partial charge in [0.2, 0.25) is 0 Å². The van der Waals surface area contributed by atoms with Crippen molar-refractivity contribution in [3.63, 3.8) is 0 Å².